The van der Waals surface area contributed by atoms with E-state index in [-0.39, 0.29) is 5.56 Å². The molecule has 1 heterocycles. The smallest absolute Gasteiger partial charge is 0.338 e. The molecule has 2 rings (SSSR count). The van der Waals surface area contributed by atoms with Gasteiger partial charge < -0.3 is 5.11 Å². The van der Waals surface area contributed by atoms with Crippen molar-refractivity contribution in [3.63, 3.8) is 0 Å². The number of carboxylic acid groups (broad SMARTS) is 1. The van der Waals surface area contributed by atoms with E-state index in [2.05, 4.69) is 11.8 Å². The lowest BCUT2D eigenvalue weighted by Crippen LogP contribution is -2.25. The van der Waals surface area contributed by atoms with E-state index < -0.39 is 11.8 Å². The van der Waals surface area contributed by atoms with Crippen LogP contribution in [0.4, 0.5) is 4.39 Å². The summed E-state index contributed by atoms with van der Waals surface area (Å²) in [7, 11) is 0. The van der Waals surface area contributed by atoms with Crippen molar-refractivity contribution in [2.45, 2.75) is 39.2 Å². The number of aromatic carboxylic acids is 1. The normalized spacial score (nSPS) is 20.6. The largest absolute Gasteiger partial charge is 0.478 e. The quantitative estimate of drug-likeness (QED) is 0.916. The van der Waals surface area contributed by atoms with Gasteiger partial charge in [-0.15, -0.1) is 0 Å². The van der Waals surface area contributed by atoms with Gasteiger partial charge in [-0.2, -0.15) is 0 Å². The third-order valence-electron chi connectivity index (χ3n) is 4.22. The standard InChI is InChI=1S/C16H22FNO2/c1-2-12-5-4-9-18(10-8-12)11-13-6-3-7-14(15(13)17)16(19)20/h3,6-7,12H,2,4-5,8-11H2,1H3,(H,19,20). The summed E-state index contributed by atoms with van der Waals surface area (Å²) < 4.78 is 14.1. The van der Waals surface area contributed by atoms with E-state index in [4.69, 9.17) is 5.11 Å². The molecule has 0 spiro atoms. The molecule has 1 fully saturated rings. The molecule has 20 heavy (non-hydrogen) atoms. The first-order valence-electron chi connectivity index (χ1n) is 7.34. The molecule has 3 nitrogen and oxygen atoms in total. The molecule has 0 aromatic heterocycles. The molecule has 0 aliphatic carbocycles. The Morgan fingerprint density at radius 3 is 2.90 bits per heavy atom. The highest BCUT2D eigenvalue weighted by atomic mass is 19.1. The van der Waals surface area contributed by atoms with E-state index in [1.807, 2.05) is 0 Å². The molecule has 1 aliphatic rings. The molecule has 110 valence electrons. The molecule has 1 aromatic rings. The van der Waals surface area contributed by atoms with Crippen molar-refractivity contribution in [1.82, 2.24) is 4.90 Å². The third kappa shape index (κ3) is 3.57. The van der Waals surface area contributed by atoms with Crippen LogP contribution < -0.4 is 0 Å². The van der Waals surface area contributed by atoms with Crippen molar-refractivity contribution < 1.29 is 14.3 Å². The van der Waals surface area contributed by atoms with Gasteiger partial charge in [0, 0.05) is 12.1 Å². The number of benzene rings is 1. The molecule has 1 aromatic carbocycles. The second kappa shape index (κ2) is 6.84. The number of rotatable bonds is 4. The Hall–Kier alpha value is -1.42. The van der Waals surface area contributed by atoms with Crippen LogP contribution in [0.1, 0.15) is 48.5 Å². The van der Waals surface area contributed by atoms with Gasteiger partial charge in [-0.25, -0.2) is 9.18 Å². The van der Waals surface area contributed by atoms with Crippen molar-refractivity contribution in [3.05, 3.63) is 35.1 Å². The van der Waals surface area contributed by atoms with Gasteiger partial charge in [0.2, 0.25) is 0 Å². The van der Waals surface area contributed by atoms with E-state index in [0.717, 1.165) is 31.8 Å². The molecule has 1 unspecified atom stereocenters. The first kappa shape index (κ1) is 15.0. The molecule has 4 heteroatoms. The number of carbonyl (C=O) groups is 1. The van der Waals surface area contributed by atoms with Gasteiger partial charge in [-0.3, -0.25) is 4.90 Å². The van der Waals surface area contributed by atoms with Crippen LogP contribution >= 0.6 is 0 Å². The fourth-order valence-corrected chi connectivity index (χ4v) is 2.90. The van der Waals surface area contributed by atoms with Gasteiger partial charge in [0.15, 0.2) is 0 Å². The molecule has 1 atom stereocenters. The van der Waals surface area contributed by atoms with Gasteiger partial charge in [-0.1, -0.05) is 25.5 Å². The van der Waals surface area contributed by atoms with Gasteiger partial charge in [0.1, 0.15) is 5.82 Å². The zero-order valence-corrected chi connectivity index (χ0v) is 11.9. The van der Waals surface area contributed by atoms with Crippen LogP contribution in [0.25, 0.3) is 0 Å². The summed E-state index contributed by atoms with van der Waals surface area (Å²) in [6, 6.07) is 4.62. The molecule has 1 saturated heterocycles. The Balaban J connectivity index is 2.06. The predicted molar refractivity (Wildman–Crippen MR) is 76.3 cm³/mol. The van der Waals surface area contributed by atoms with Gasteiger partial charge >= 0.3 is 5.97 Å². The minimum absolute atomic E-state index is 0.233. The summed E-state index contributed by atoms with van der Waals surface area (Å²) in [6.07, 6.45) is 4.73. The van der Waals surface area contributed by atoms with Gasteiger partial charge in [0.05, 0.1) is 5.56 Å². The maximum atomic E-state index is 14.1. The molecule has 0 bridgehead atoms. The third-order valence-corrected chi connectivity index (χ3v) is 4.22. The van der Waals surface area contributed by atoms with Crippen LogP contribution in [-0.4, -0.2) is 29.1 Å². The lowest BCUT2D eigenvalue weighted by Gasteiger charge is -2.20. The van der Waals surface area contributed by atoms with Crippen LogP contribution in [0.2, 0.25) is 0 Å². The minimum Gasteiger partial charge on any atom is -0.478 e. The highest BCUT2D eigenvalue weighted by Gasteiger charge is 2.19. The Labute approximate surface area is 119 Å². The zero-order valence-electron chi connectivity index (χ0n) is 11.9. The monoisotopic (exact) mass is 279 g/mol. The first-order valence-corrected chi connectivity index (χ1v) is 7.34. The summed E-state index contributed by atoms with van der Waals surface area (Å²) in [4.78, 5) is 13.2. The molecular weight excluding hydrogens is 257 g/mol. The SMILES string of the molecule is CCC1CCCN(Cc2cccc(C(=O)O)c2F)CC1. The lowest BCUT2D eigenvalue weighted by atomic mass is 9.98. The van der Waals surface area contributed by atoms with Crippen molar-refractivity contribution >= 4 is 5.97 Å². The molecule has 0 saturated carbocycles. The second-order valence-corrected chi connectivity index (χ2v) is 5.57. The average Bonchev–Trinajstić information content (AvgIpc) is 2.66. The maximum Gasteiger partial charge on any atom is 0.338 e. The van der Waals surface area contributed by atoms with Gasteiger partial charge in [0.25, 0.3) is 0 Å². The van der Waals surface area contributed by atoms with E-state index in [9.17, 15) is 9.18 Å². The van der Waals surface area contributed by atoms with Gasteiger partial charge in [-0.05, 0) is 44.3 Å². The van der Waals surface area contributed by atoms with E-state index in [1.165, 1.54) is 18.9 Å². The first-order chi connectivity index (χ1) is 9.61. The zero-order chi connectivity index (χ0) is 14.5. The Morgan fingerprint density at radius 1 is 1.40 bits per heavy atom. The molecule has 1 N–H and O–H groups in total. The molecule has 0 radical (unpaired) electrons. The van der Waals surface area contributed by atoms with Crippen LogP contribution in [0.5, 0.6) is 0 Å². The Morgan fingerprint density at radius 2 is 2.20 bits per heavy atom. The van der Waals surface area contributed by atoms with Crippen molar-refractivity contribution in [3.8, 4) is 0 Å². The second-order valence-electron chi connectivity index (χ2n) is 5.57. The summed E-state index contributed by atoms with van der Waals surface area (Å²) in [5.41, 5.74) is 0.253. The summed E-state index contributed by atoms with van der Waals surface area (Å²) in [5, 5.41) is 8.95. The number of likely N-dealkylation sites (tertiary alicyclic amines) is 1. The highest BCUT2D eigenvalue weighted by Crippen LogP contribution is 2.22. The fourth-order valence-electron chi connectivity index (χ4n) is 2.90. The molecule has 1 aliphatic heterocycles. The predicted octanol–water partition coefficient (Wildman–Crippen LogP) is 3.54. The van der Waals surface area contributed by atoms with Crippen molar-refractivity contribution in [2.75, 3.05) is 13.1 Å². The van der Waals surface area contributed by atoms with Crippen LogP contribution in [0, 0.1) is 11.7 Å². The minimum atomic E-state index is -1.20. The Kier molecular flexibility index (Phi) is 5.12. The van der Waals surface area contributed by atoms with Crippen LogP contribution in [0.15, 0.2) is 18.2 Å². The Bertz CT molecular complexity index is 476. The average molecular weight is 279 g/mol. The fraction of sp³-hybridized carbons (Fsp3) is 0.562. The van der Waals surface area contributed by atoms with E-state index in [1.54, 1.807) is 12.1 Å². The van der Waals surface area contributed by atoms with Crippen molar-refractivity contribution in [1.29, 1.82) is 0 Å². The van der Waals surface area contributed by atoms with Crippen molar-refractivity contribution in [2.24, 2.45) is 5.92 Å². The summed E-state index contributed by atoms with van der Waals surface area (Å²) >= 11 is 0. The highest BCUT2D eigenvalue weighted by molar-refractivity contribution is 5.88. The number of halogens is 1. The van der Waals surface area contributed by atoms with E-state index >= 15 is 0 Å². The number of hydrogen-bond donors (Lipinski definition) is 1. The summed E-state index contributed by atoms with van der Waals surface area (Å²) in [6.45, 7) is 4.65. The maximum absolute atomic E-state index is 14.1. The molecule has 0 amide bonds. The topological polar surface area (TPSA) is 40.5 Å². The number of nitrogens with zero attached hydrogens (tertiary/aromatic N) is 1. The van der Waals surface area contributed by atoms with Crippen LogP contribution in [0.3, 0.4) is 0 Å². The number of hydrogen-bond acceptors (Lipinski definition) is 2. The van der Waals surface area contributed by atoms with Crippen LogP contribution in [-0.2, 0) is 6.54 Å². The van der Waals surface area contributed by atoms with E-state index in [0.29, 0.717) is 12.1 Å². The number of carboxylic acids is 1. The summed E-state index contributed by atoms with van der Waals surface area (Å²) in [5.74, 6) is -1.02. The molecular formula is C16H22FNO2. The lowest BCUT2D eigenvalue weighted by molar-refractivity contribution is 0.0691.